The standard InChI is InChI=1S/C23H31NO3/c1-2-3-15-27-21-11-9-20(10-12-21)23(25)22(19-7-5-4-6-8-19)18-24-13-16-26-17-14-24/h4-12,22-23,25H,2-3,13-18H2,1H3/p+1/t22-,23+/m1/s1. The summed E-state index contributed by atoms with van der Waals surface area (Å²) in [6.07, 6.45) is 1.65. The molecular weight excluding hydrogens is 338 g/mol. The lowest BCUT2D eigenvalue weighted by molar-refractivity contribution is -0.909. The Hall–Kier alpha value is -1.88. The zero-order valence-corrected chi connectivity index (χ0v) is 16.3. The summed E-state index contributed by atoms with van der Waals surface area (Å²) < 4.78 is 11.2. The molecule has 4 nitrogen and oxygen atoms in total. The summed E-state index contributed by atoms with van der Waals surface area (Å²) in [5, 5.41) is 11.2. The Bertz CT molecular complexity index is 653. The molecule has 0 aromatic heterocycles. The molecule has 146 valence electrons. The van der Waals surface area contributed by atoms with Gasteiger partial charge in [-0.1, -0.05) is 55.8 Å². The van der Waals surface area contributed by atoms with Crippen LogP contribution in [0.15, 0.2) is 54.6 Å². The summed E-state index contributed by atoms with van der Waals surface area (Å²) in [4.78, 5) is 1.49. The van der Waals surface area contributed by atoms with Gasteiger partial charge < -0.3 is 19.5 Å². The van der Waals surface area contributed by atoms with Crippen molar-refractivity contribution in [1.29, 1.82) is 0 Å². The van der Waals surface area contributed by atoms with E-state index in [-0.39, 0.29) is 5.92 Å². The fourth-order valence-corrected chi connectivity index (χ4v) is 3.62. The van der Waals surface area contributed by atoms with Crippen molar-refractivity contribution < 1.29 is 19.5 Å². The minimum absolute atomic E-state index is 0.0613. The van der Waals surface area contributed by atoms with Crippen LogP contribution < -0.4 is 9.64 Å². The number of aliphatic hydroxyl groups is 1. The molecule has 1 aliphatic heterocycles. The first-order chi connectivity index (χ1) is 13.3. The lowest BCUT2D eigenvalue weighted by atomic mass is 9.88. The van der Waals surface area contributed by atoms with Crippen molar-refractivity contribution in [3.8, 4) is 5.75 Å². The fourth-order valence-electron chi connectivity index (χ4n) is 3.62. The van der Waals surface area contributed by atoms with Gasteiger partial charge in [0.25, 0.3) is 0 Å². The highest BCUT2D eigenvalue weighted by atomic mass is 16.5. The van der Waals surface area contributed by atoms with E-state index in [0.29, 0.717) is 0 Å². The molecular formula is C23H32NO3+. The largest absolute Gasteiger partial charge is 0.494 e. The number of benzene rings is 2. The molecule has 1 aliphatic rings. The summed E-state index contributed by atoms with van der Waals surface area (Å²) in [5.41, 5.74) is 2.13. The molecule has 0 amide bonds. The van der Waals surface area contributed by atoms with E-state index in [1.165, 1.54) is 10.5 Å². The van der Waals surface area contributed by atoms with Gasteiger partial charge in [0.05, 0.1) is 38.4 Å². The summed E-state index contributed by atoms with van der Waals surface area (Å²) in [6, 6.07) is 18.3. The van der Waals surface area contributed by atoms with Crippen LogP contribution in [0.3, 0.4) is 0 Å². The van der Waals surface area contributed by atoms with Crippen LogP contribution >= 0.6 is 0 Å². The van der Waals surface area contributed by atoms with Gasteiger partial charge in [-0.2, -0.15) is 0 Å². The van der Waals surface area contributed by atoms with Gasteiger partial charge in [-0.15, -0.1) is 0 Å². The number of quaternary nitrogens is 1. The number of hydrogen-bond donors (Lipinski definition) is 2. The molecule has 3 rings (SSSR count). The number of morpholine rings is 1. The maximum Gasteiger partial charge on any atom is 0.119 e. The van der Waals surface area contributed by atoms with Gasteiger partial charge in [0, 0.05) is 0 Å². The molecule has 0 saturated carbocycles. The van der Waals surface area contributed by atoms with E-state index in [0.717, 1.165) is 63.6 Å². The maximum atomic E-state index is 11.2. The molecule has 0 aliphatic carbocycles. The molecule has 1 heterocycles. The number of aliphatic hydroxyl groups excluding tert-OH is 1. The van der Waals surface area contributed by atoms with Gasteiger partial charge in [0.15, 0.2) is 0 Å². The van der Waals surface area contributed by atoms with E-state index in [1.54, 1.807) is 0 Å². The van der Waals surface area contributed by atoms with Gasteiger partial charge in [-0.3, -0.25) is 0 Å². The Morgan fingerprint density at radius 2 is 1.70 bits per heavy atom. The highest BCUT2D eigenvalue weighted by Crippen LogP contribution is 2.31. The van der Waals surface area contributed by atoms with E-state index < -0.39 is 6.10 Å². The van der Waals surface area contributed by atoms with E-state index in [9.17, 15) is 5.11 Å². The molecule has 0 unspecified atom stereocenters. The van der Waals surface area contributed by atoms with Crippen molar-refractivity contribution >= 4 is 0 Å². The molecule has 0 spiro atoms. The zero-order valence-electron chi connectivity index (χ0n) is 16.3. The van der Waals surface area contributed by atoms with Crippen molar-refractivity contribution in [2.75, 3.05) is 39.5 Å². The van der Waals surface area contributed by atoms with Crippen LogP contribution in [-0.4, -0.2) is 44.6 Å². The van der Waals surface area contributed by atoms with Crippen LogP contribution in [0.2, 0.25) is 0 Å². The zero-order chi connectivity index (χ0) is 18.9. The summed E-state index contributed by atoms with van der Waals surface area (Å²) >= 11 is 0. The molecule has 2 N–H and O–H groups in total. The van der Waals surface area contributed by atoms with Crippen LogP contribution in [0.4, 0.5) is 0 Å². The van der Waals surface area contributed by atoms with E-state index in [1.807, 2.05) is 42.5 Å². The van der Waals surface area contributed by atoms with Crippen molar-refractivity contribution in [2.45, 2.75) is 31.8 Å². The van der Waals surface area contributed by atoms with Gasteiger partial charge in [-0.25, -0.2) is 0 Å². The summed E-state index contributed by atoms with van der Waals surface area (Å²) in [7, 11) is 0. The molecule has 2 aromatic carbocycles. The number of unbranched alkanes of at least 4 members (excludes halogenated alkanes) is 1. The molecule has 0 bridgehead atoms. The first kappa shape index (κ1) is 19.9. The number of rotatable bonds is 9. The molecule has 1 fully saturated rings. The van der Waals surface area contributed by atoms with Gasteiger partial charge in [0.2, 0.25) is 0 Å². The third-order valence-electron chi connectivity index (χ3n) is 5.31. The average Bonchev–Trinajstić information content (AvgIpc) is 2.74. The SMILES string of the molecule is CCCCOc1ccc([C@H](O)[C@H](C[NH+]2CCOCC2)c2ccccc2)cc1. The first-order valence-electron chi connectivity index (χ1n) is 10.1. The van der Waals surface area contributed by atoms with Crippen molar-refractivity contribution in [2.24, 2.45) is 0 Å². The quantitative estimate of drug-likeness (QED) is 0.667. The number of hydrogen-bond acceptors (Lipinski definition) is 3. The summed E-state index contributed by atoms with van der Waals surface area (Å²) in [5.74, 6) is 0.931. The van der Waals surface area contributed by atoms with Crippen LogP contribution in [0, 0.1) is 0 Å². The number of ether oxygens (including phenoxy) is 2. The smallest absolute Gasteiger partial charge is 0.119 e. The molecule has 2 aromatic rings. The monoisotopic (exact) mass is 370 g/mol. The minimum atomic E-state index is -0.535. The highest BCUT2D eigenvalue weighted by Gasteiger charge is 2.28. The maximum absolute atomic E-state index is 11.2. The Balaban J connectivity index is 1.72. The third-order valence-corrected chi connectivity index (χ3v) is 5.31. The molecule has 0 radical (unpaired) electrons. The second kappa shape index (κ2) is 10.5. The second-order valence-electron chi connectivity index (χ2n) is 7.30. The number of nitrogens with one attached hydrogen (secondary N) is 1. The predicted molar refractivity (Wildman–Crippen MR) is 107 cm³/mol. The topological polar surface area (TPSA) is 43.1 Å². The van der Waals surface area contributed by atoms with Gasteiger partial charge in [-0.05, 0) is 29.7 Å². The second-order valence-corrected chi connectivity index (χ2v) is 7.30. The Morgan fingerprint density at radius 1 is 1.00 bits per heavy atom. The summed E-state index contributed by atoms with van der Waals surface area (Å²) in [6.45, 7) is 7.41. The molecule has 4 heteroatoms. The lowest BCUT2D eigenvalue weighted by Crippen LogP contribution is -3.14. The van der Waals surface area contributed by atoms with E-state index >= 15 is 0 Å². The Kier molecular flexibility index (Phi) is 7.69. The predicted octanol–water partition coefficient (Wildman–Crippen LogP) is 2.60. The Morgan fingerprint density at radius 3 is 2.37 bits per heavy atom. The van der Waals surface area contributed by atoms with Gasteiger partial charge in [0.1, 0.15) is 18.8 Å². The molecule has 27 heavy (non-hydrogen) atoms. The third kappa shape index (κ3) is 5.80. The lowest BCUT2D eigenvalue weighted by Gasteiger charge is -2.30. The van der Waals surface area contributed by atoms with E-state index in [2.05, 4.69) is 19.1 Å². The van der Waals surface area contributed by atoms with Gasteiger partial charge >= 0.3 is 0 Å². The molecule has 1 saturated heterocycles. The Labute approximate surface area is 162 Å². The van der Waals surface area contributed by atoms with Crippen molar-refractivity contribution in [3.05, 3.63) is 65.7 Å². The molecule has 2 atom stereocenters. The van der Waals surface area contributed by atoms with Crippen LogP contribution in [0.1, 0.15) is 42.9 Å². The van der Waals surface area contributed by atoms with Crippen molar-refractivity contribution in [3.63, 3.8) is 0 Å². The first-order valence-corrected chi connectivity index (χ1v) is 10.1. The van der Waals surface area contributed by atoms with Crippen molar-refractivity contribution in [1.82, 2.24) is 0 Å². The fraction of sp³-hybridized carbons (Fsp3) is 0.478. The average molecular weight is 371 g/mol. The minimum Gasteiger partial charge on any atom is -0.494 e. The van der Waals surface area contributed by atoms with Crippen LogP contribution in [0.5, 0.6) is 5.75 Å². The normalized spacial score (nSPS) is 17.4. The highest BCUT2D eigenvalue weighted by molar-refractivity contribution is 5.31. The van der Waals surface area contributed by atoms with E-state index in [4.69, 9.17) is 9.47 Å². The van der Waals surface area contributed by atoms with Crippen LogP contribution in [0.25, 0.3) is 0 Å². The van der Waals surface area contributed by atoms with Crippen LogP contribution in [-0.2, 0) is 4.74 Å².